The van der Waals surface area contributed by atoms with Crippen LogP contribution in [0.25, 0.3) is 0 Å². The second kappa shape index (κ2) is 9.71. The first-order valence-electron chi connectivity index (χ1n) is 10.9. The first-order chi connectivity index (χ1) is 15.1. The van der Waals surface area contributed by atoms with E-state index in [0.717, 1.165) is 26.2 Å². The second-order valence-corrected chi connectivity index (χ2v) is 8.21. The van der Waals surface area contributed by atoms with Gasteiger partial charge in [-0.25, -0.2) is 0 Å². The zero-order valence-electron chi connectivity index (χ0n) is 18.3. The summed E-state index contributed by atoms with van der Waals surface area (Å²) < 4.78 is 5.25. The summed E-state index contributed by atoms with van der Waals surface area (Å²) >= 11 is 0. The molecule has 1 aliphatic rings. The van der Waals surface area contributed by atoms with Gasteiger partial charge in [-0.15, -0.1) is 0 Å². The molecule has 4 rings (SSSR count). The Kier molecular flexibility index (Phi) is 6.57. The highest BCUT2D eigenvalue weighted by molar-refractivity contribution is 5.91. The molecule has 1 amide bonds. The number of hydrogen-bond donors (Lipinski definition) is 2. The van der Waals surface area contributed by atoms with Gasteiger partial charge in [-0.05, 0) is 36.4 Å². The van der Waals surface area contributed by atoms with Gasteiger partial charge in [0, 0.05) is 31.0 Å². The first-order valence-corrected chi connectivity index (χ1v) is 10.9. The lowest BCUT2D eigenvalue weighted by atomic mass is 10.0. The van der Waals surface area contributed by atoms with Crippen LogP contribution in [0.2, 0.25) is 0 Å². The predicted octanol–water partition coefficient (Wildman–Crippen LogP) is 2.22. The normalized spacial score (nSPS) is 15.5. The Morgan fingerprint density at radius 1 is 1.03 bits per heavy atom. The summed E-state index contributed by atoms with van der Waals surface area (Å²) in [5.74, 6) is 0.188. The summed E-state index contributed by atoms with van der Waals surface area (Å²) in [7, 11) is 4.09. The van der Waals surface area contributed by atoms with E-state index in [9.17, 15) is 4.79 Å². The molecule has 2 heterocycles. The van der Waals surface area contributed by atoms with Crippen molar-refractivity contribution in [2.75, 3.05) is 56.6 Å². The quantitative estimate of drug-likeness (QED) is 0.617. The molecule has 6 heteroatoms. The van der Waals surface area contributed by atoms with Gasteiger partial charge >= 0.3 is 0 Å². The smallest absolute Gasteiger partial charge is 0.287 e. The number of hydrogen-bond acceptors (Lipinski definition) is 4. The van der Waals surface area contributed by atoms with Gasteiger partial charge in [-0.3, -0.25) is 4.79 Å². The standard InChI is InChI=1S/C25H30N4O2/c1-27(2)21-12-10-20(11-13-21)23(19-26-25(30)24-9-6-18-31-24)29-16-14-28(15-17-29)22-7-4-3-5-8-22/h3-13,18,23H,14-17,19H2,1-2H3,(H,26,30)/p+1/t23-/m0/s1. The van der Waals surface area contributed by atoms with Crippen LogP contribution in [0.3, 0.4) is 0 Å². The third-order valence-corrected chi connectivity index (χ3v) is 6.04. The lowest BCUT2D eigenvalue weighted by Crippen LogP contribution is -3.15. The molecule has 1 aromatic heterocycles. The van der Waals surface area contributed by atoms with Gasteiger partial charge in [-0.2, -0.15) is 0 Å². The number of quaternary nitrogens is 1. The predicted molar refractivity (Wildman–Crippen MR) is 124 cm³/mol. The Morgan fingerprint density at radius 2 is 1.74 bits per heavy atom. The molecule has 0 aliphatic carbocycles. The minimum atomic E-state index is -0.165. The topological polar surface area (TPSA) is 53.2 Å². The molecule has 162 valence electrons. The Hall–Kier alpha value is -3.25. The minimum Gasteiger partial charge on any atom is -0.459 e. The van der Waals surface area contributed by atoms with Crippen molar-refractivity contribution in [1.29, 1.82) is 0 Å². The van der Waals surface area contributed by atoms with E-state index in [0.29, 0.717) is 12.3 Å². The zero-order chi connectivity index (χ0) is 21.6. The van der Waals surface area contributed by atoms with Crippen LogP contribution in [0.15, 0.2) is 77.4 Å². The molecule has 31 heavy (non-hydrogen) atoms. The van der Waals surface area contributed by atoms with Crippen molar-refractivity contribution in [1.82, 2.24) is 5.32 Å². The lowest BCUT2D eigenvalue weighted by molar-refractivity contribution is -0.931. The Balaban J connectivity index is 1.47. The van der Waals surface area contributed by atoms with Crippen LogP contribution < -0.4 is 20.0 Å². The number of nitrogens with zero attached hydrogens (tertiary/aromatic N) is 2. The number of para-hydroxylation sites is 1. The lowest BCUT2D eigenvalue weighted by Gasteiger charge is -2.38. The van der Waals surface area contributed by atoms with Crippen molar-refractivity contribution in [2.45, 2.75) is 6.04 Å². The highest BCUT2D eigenvalue weighted by Crippen LogP contribution is 2.18. The van der Waals surface area contributed by atoms with Gasteiger partial charge in [0.05, 0.1) is 39.0 Å². The van der Waals surface area contributed by atoms with Crippen molar-refractivity contribution in [3.8, 4) is 0 Å². The van der Waals surface area contributed by atoms with E-state index in [1.807, 2.05) is 14.1 Å². The largest absolute Gasteiger partial charge is 0.459 e. The molecule has 2 N–H and O–H groups in total. The van der Waals surface area contributed by atoms with Gasteiger partial charge in [0.15, 0.2) is 5.76 Å². The molecule has 0 saturated carbocycles. The van der Waals surface area contributed by atoms with E-state index in [2.05, 4.69) is 69.7 Å². The maximum absolute atomic E-state index is 12.5. The van der Waals surface area contributed by atoms with Gasteiger partial charge in [0.25, 0.3) is 5.91 Å². The molecule has 2 aromatic carbocycles. The molecule has 1 atom stereocenters. The number of carbonyl (C=O) groups is 1. The maximum atomic E-state index is 12.5. The molecule has 0 bridgehead atoms. The molecule has 1 fully saturated rings. The summed E-state index contributed by atoms with van der Waals surface area (Å²) in [6.07, 6.45) is 1.53. The number of benzene rings is 2. The number of piperazine rings is 1. The zero-order valence-corrected chi connectivity index (χ0v) is 18.3. The molecule has 0 spiro atoms. The second-order valence-electron chi connectivity index (χ2n) is 8.21. The summed E-state index contributed by atoms with van der Waals surface area (Å²) in [5, 5.41) is 3.08. The average Bonchev–Trinajstić information content (AvgIpc) is 3.36. The van der Waals surface area contributed by atoms with Crippen LogP contribution in [0, 0.1) is 0 Å². The number of furan rings is 1. The van der Waals surface area contributed by atoms with E-state index in [-0.39, 0.29) is 11.9 Å². The van der Waals surface area contributed by atoms with Crippen molar-refractivity contribution >= 4 is 17.3 Å². The van der Waals surface area contributed by atoms with E-state index in [1.165, 1.54) is 28.1 Å². The summed E-state index contributed by atoms with van der Waals surface area (Å²) in [5.41, 5.74) is 3.69. The highest BCUT2D eigenvalue weighted by atomic mass is 16.3. The van der Waals surface area contributed by atoms with E-state index in [1.54, 1.807) is 12.1 Å². The summed E-state index contributed by atoms with van der Waals surface area (Å²) in [4.78, 5) is 18.5. The molecule has 6 nitrogen and oxygen atoms in total. The minimum absolute atomic E-state index is 0.165. The molecular weight excluding hydrogens is 388 g/mol. The summed E-state index contributed by atoms with van der Waals surface area (Å²) in [6, 6.07) is 22.9. The third-order valence-electron chi connectivity index (χ3n) is 6.04. The third kappa shape index (κ3) is 5.09. The summed E-state index contributed by atoms with van der Waals surface area (Å²) in [6.45, 7) is 4.61. The monoisotopic (exact) mass is 419 g/mol. The fourth-order valence-electron chi connectivity index (χ4n) is 4.23. The number of carbonyl (C=O) groups excluding carboxylic acids is 1. The Labute approximate surface area is 184 Å². The molecule has 1 saturated heterocycles. The molecule has 0 radical (unpaired) electrons. The van der Waals surface area contributed by atoms with E-state index < -0.39 is 0 Å². The number of amides is 1. The van der Waals surface area contributed by atoms with Crippen LogP contribution >= 0.6 is 0 Å². The van der Waals surface area contributed by atoms with Crippen molar-refractivity contribution in [3.05, 3.63) is 84.3 Å². The molecule has 1 aliphatic heterocycles. The average molecular weight is 420 g/mol. The van der Waals surface area contributed by atoms with E-state index >= 15 is 0 Å². The van der Waals surface area contributed by atoms with E-state index in [4.69, 9.17) is 4.42 Å². The first kappa shape index (κ1) is 21.0. The SMILES string of the molecule is CN(C)c1ccc([C@H](CNC(=O)c2ccco2)[NH+]2CCN(c3ccccc3)CC2)cc1. The van der Waals surface area contributed by atoms with Crippen molar-refractivity contribution in [3.63, 3.8) is 0 Å². The fraction of sp³-hybridized carbons (Fsp3) is 0.320. The number of rotatable bonds is 7. The number of nitrogens with one attached hydrogen (secondary N) is 2. The van der Waals surface area contributed by atoms with Crippen LogP contribution in [0.4, 0.5) is 11.4 Å². The van der Waals surface area contributed by atoms with Crippen LogP contribution in [-0.4, -0.2) is 52.7 Å². The fourth-order valence-corrected chi connectivity index (χ4v) is 4.23. The Bertz CT molecular complexity index is 947. The maximum Gasteiger partial charge on any atom is 0.287 e. The van der Waals surface area contributed by atoms with Crippen LogP contribution in [0.1, 0.15) is 22.2 Å². The van der Waals surface area contributed by atoms with Crippen molar-refractivity contribution in [2.24, 2.45) is 0 Å². The van der Waals surface area contributed by atoms with Crippen molar-refractivity contribution < 1.29 is 14.1 Å². The van der Waals surface area contributed by atoms with Gasteiger partial charge in [-0.1, -0.05) is 30.3 Å². The molecule has 3 aromatic rings. The van der Waals surface area contributed by atoms with Crippen LogP contribution in [-0.2, 0) is 0 Å². The van der Waals surface area contributed by atoms with Gasteiger partial charge in [0.1, 0.15) is 6.04 Å². The Morgan fingerprint density at radius 3 is 2.35 bits per heavy atom. The molecular formula is C25H31N4O2+. The number of anilines is 2. The highest BCUT2D eigenvalue weighted by Gasteiger charge is 2.29. The van der Waals surface area contributed by atoms with Gasteiger partial charge < -0.3 is 24.4 Å². The molecule has 0 unspecified atom stereocenters. The van der Waals surface area contributed by atoms with Crippen LogP contribution in [0.5, 0.6) is 0 Å². The van der Waals surface area contributed by atoms with Gasteiger partial charge in [0.2, 0.25) is 0 Å².